The summed E-state index contributed by atoms with van der Waals surface area (Å²) < 4.78 is 6.19. The van der Waals surface area contributed by atoms with E-state index in [1.807, 2.05) is 0 Å². The SMILES string of the molecule is Cc1ncccc1Oc1cc(Br)cnc1C(=O)O. The fourth-order valence-electron chi connectivity index (χ4n) is 1.35. The predicted octanol–water partition coefficient (Wildman–Crippen LogP) is 3.04. The van der Waals surface area contributed by atoms with Crippen LogP contribution in [-0.2, 0) is 0 Å². The highest BCUT2D eigenvalue weighted by molar-refractivity contribution is 9.10. The summed E-state index contributed by atoms with van der Waals surface area (Å²) in [6, 6.07) is 4.99. The van der Waals surface area contributed by atoms with E-state index < -0.39 is 5.97 Å². The standard InChI is InChI=1S/C12H9BrN2O3/c1-7-9(3-2-4-14-7)18-10-5-8(13)6-15-11(10)12(16)17/h2-6H,1H3,(H,16,17). The first-order chi connectivity index (χ1) is 8.58. The Morgan fingerprint density at radius 1 is 1.39 bits per heavy atom. The van der Waals surface area contributed by atoms with E-state index in [9.17, 15) is 4.79 Å². The summed E-state index contributed by atoms with van der Waals surface area (Å²) in [5, 5.41) is 9.03. The highest BCUT2D eigenvalue weighted by Gasteiger charge is 2.15. The molecule has 92 valence electrons. The van der Waals surface area contributed by atoms with Crippen LogP contribution in [0.25, 0.3) is 0 Å². The van der Waals surface area contributed by atoms with Gasteiger partial charge in [0.2, 0.25) is 0 Å². The van der Waals surface area contributed by atoms with Crippen molar-refractivity contribution in [2.24, 2.45) is 0 Å². The van der Waals surface area contributed by atoms with Crippen molar-refractivity contribution in [3.05, 3.63) is 46.5 Å². The molecule has 0 aliphatic carbocycles. The number of aryl methyl sites for hydroxylation is 1. The Bertz CT molecular complexity index is 602. The Morgan fingerprint density at radius 3 is 2.83 bits per heavy atom. The molecule has 0 bridgehead atoms. The van der Waals surface area contributed by atoms with Gasteiger partial charge in [0, 0.05) is 16.9 Å². The van der Waals surface area contributed by atoms with Crippen LogP contribution in [0.2, 0.25) is 0 Å². The minimum atomic E-state index is -1.14. The Balaban J connectivity index is 2.42. The fraction of sp³-hybridized carbons (Fsp3) is 0.0833. The molecule has 0 saturated carbocycles. The third kappa shape index (κ3) is 2.65. The first kappa shape index (κ1) is 12.5. The Morgan fingerprint density at radius 2 is 2.17 bits per heavy atom. The molecule has 0 fully saturated rings. The Labute approximate surface area is 112 Å². The van der Waals surface area contributed by atoms with Gasteiger partial charge >= 0.3 is 5.97 Å². The lowest BCUT2D eigenvalue weighted by molar-refractivity contribution is 0.0687. The van der Waals surface area contributed by atoms with Gasteiger partial charge in [-0.25, -0.2) is 9.78 Å². The van der Waals surface area contributed by atoms with Crippen LogP contribution in [0.1, 0.15) is 16.2 Å². The minimum absolute atomic E-state index is 0.138. The number of carbonyl (C=O) groups is 1. The topological polar surface area (TPSA) is 72.3 Å². The number of pyridine rings is 2. The molecular weight excluding hydrogens is 300 g/mol. The van der Waals surface area contributed by atoms with Crippen molar-refractivity contribution >= 4 is 21.9 Å². The number of nitrogens with zero attached hydrogens (tertiary/aromatic N) is 2. The van der Waals surface area contributed by atoms with Crippen molar-refractivity contribution in [2.75, 3.05) is 0 Å². The van der Waals surface area contributed by atoms with Gasteiger partial charge in [0.25, 0.3) is 0 Å². The van der Waals surface area contributed by atoms with E-state index >= 15 is 0 Å². The van der Waals surface area contributed by atoms with Gasteiger partial charge in [-0.2, -0.15) is 0 Å². The highest BCUT2D eigenvalue weighted by atomic mass is 79.9. The summed E-state index contributed by atoms with van der Waals surface area (Å²) in [6.45, 7) is 1.78. The number of hydrogen-bond acceptors (Lipinski definition) is 4. The second-order valence-electron chi connectivity index (χ2n) is 3.49. The zero-order chi connectivity index (χ0) is 13.1. The molecule has 0 aliphatic rings. The minimum Gasteiger partial charge on any atom is -0.476 e. The molecule has 6 heteroatoms. The molecule has 0 radical (unpaired) electrons. The molecule has 1 N–H and O–H groups in total. The molecule has 0 aromatic carbocycles. The molecule has 0 spiro atoms. The van der Waals surface area contributed by atoms with E-state index in [1.54, 1.807) is 31.3 Å². The van der Waals surface area contributed by atoms with Gasteiger partial charge < -0.3 is 9.84 Å². The van der Waals surface area contributed by atoms with Gasteiger partial charge in [-0.05, 0) is 41.1 Å². The van der Waals surface area contributed by atoms with Gasteiger partial charge in [-0.3, -0.25) is 4.98 Å². The number of ether oxygens (including phenoxy) is 1. The number of rotatable bonds is 3. The van der Waals surface area contributed by atoms with Crippen LogP contribution in [0, 0.1) is 6.92 Å². The highest BCUT2D eigenvalue weighted by Crippen LogP contribution is 2.28. The van der Waals surface area contributed by atoms with Gasteiger partial charge in [0.15, 0.2) is 11.4 Å². The second-order valence-corrected chi connectivity index (χ2v) is 4.41. The van der Waals surface area contributed by atoms with E-state index in [0.29, 0.717) is 15.9 Å². The van der Waals surface area contributed by atoms with Crippen molar-refractivity contribution in [3.8, 4) is 11.5 Å². The van der Waals surface area contributed by atoms with E-state index in [0.717, 1.165) is 0 Å². The number of aromatic nitrogens is 2. The van der Waals surface area contributed by atoms with E-state index in [2.05, 4.69) is 25.9 Å². The van der Waals surface area contributed by atoms with E-state index in [1.165, 1.54) is 6.20 Å². The van der Waals surface area contributed by atoms with Gasteiger partial charge in [-0.15, -0.1) is 0 Å². The van der Waals surface area contributed by atoms with Crippen molar-refractivity contribution in [3.63, 3.8) is 0 Å². The molecule has 0 unspecified atom stereocenters. The third-order valence-electron chi connectivity index (χ3n) is 2.20. The Hall–Kier alpha value is -1.95. The lowest BCUT2D eigenvalue weighted by Gasteiger charge is -2.09. The molecular formula is C12H9BrN2O3. The fourth-order valence-corrected chi connectivity index (χ4v) is 1.67. The molecule has 18 heavy (non-hydrogen) atoms. The zero-order valence-corrected chi connectivity index (χ0v) is 11.0. The van der Waals surface area contributed by atoms with Gasteiger partial charge in [0.1, 0.15) is 5.75 Å². The van der Waals surface area contributed by atoms with Crippen molar-refractivity contribution in [2.45, 2.75) is 6.92 Å². The Kier molecular flexibility index (Phi) is 3.57. The third-order valence-corrected chi connectivity index (χ3v) is 2.63. The summed E-state index contributed by atoms with van der Waals surface area (Å²) in [5.74, 6) is -0.466. The normalized spacial score (nSPS) is 10.1. The summed E-state index contributed by atoms with van der Waals surface area (Å²) in [6.07, 6.45) is 3.05. The lowest BCUT2D eigenvalue weighted by Crippen LogP contribution is -2.03. The van der Waals surface area contributed by atoms with Crippen LogP contribution >= 0.6 is 15.9 Å². The molecule has 2 heterocycles. The molecule has 0 amide bonds. The molecule has 5 nitrogen and oxygen atoms in total. The maximum atomic E-state index is 11.0. The van der Waals surface area contributed by atoms with Gasteiger partial charge in [-0.1, -0.05) is 0 Å². The number of carboxylic acid groups (broad SMARTS) is 1. The summed E-state index contributed by atoms with van der Waals surface area (Å²) in [5.41, 5.74) is 0.537. The first-order valence-corrected chi connectivity index (χ1v) is 5.85. The maximum absolute atomic E-state index is 11.0. The van der Waals surface area contributed by atoms with Crippen LogP contribution in [0.3, 0.4) is 0 Å². The maximum Gasteiger partial charge on any atom is 0.358 e. The summed E-state index contributed by atoms with van der Waals surface area (Å²) >= 11 is 3.23. The average molecular weight is 309 g/mol. The van der Waals surface area contributed by atoms with Gasteiger partial charge in [0.05, 0.1) is 5.69 Å². The summed E-state index contributed by atoms with van der Waals surface area (Å²) in [4.78, 5) is 18.9. The lowest BCUT2D eigenvalue weighted by atomic mass is 10.3. The second kappa shape index (κ2) is 5.14. The molecule has 0 atom stereocenters. The first-order valence-electron chi connectivity index (χ1n) is 5.06. The van der Waals surface area contributed by atoms with Crippen LogP contribution in [-0.4, -0.2) is 21.0 Å². The molecule has 2 aromatic heterocycles. The quantitative estimate of drug-likeness (QED) is 0.943. The monoisotopic (exact) mass is 308 g/mol. The molecule has 2 rings (SSSR count). The largest absolute Gasteiger partial charge is 0.476 e. The van der Waals surface area contributed by atoms with E-state index in [-0.39, 0.29) is 11.4 Å². The van der Waals surface area contributed by atoms with Crippen LogP contribution in [0.15, 0.2) is 35.1 Å². The van der Waals surface area contributed by atoms with Crippen molar-refractivity contribution < 1.29 is 14.6 Å². The smallest absolute Gasteiger partial charge is 0.358 e. The number of carboxylic acids is 1. The number of aromatic carboxylic acids is 1. The predicted molar refractivity (Wildman–Crippen MR) is 67.9 cm³/mol. The van der Waals surface area contributed by atoms with Crippen LogP contribution in [0.5, 0.6) is 11.5 Å². The number of halogens is 1. The van der Waals surface area contributed by atoms with E-state index in [4.69, 9.17) is 9.84 Å². The number of hydrogen-bond donors (Lipinski definition) is 1. The van der Waals surface area contributed by atoms with Crippen molar-refractivity contribution in [1.82, 2.24) is 9.97 Å². The average Bonchev–Trinajstić information content (AvgIpc) is 2.32. The molecule has 0 saturated heterocycles. The van der Waals surface area contributed by atoms with Crippen molar-refractivity contribution in [1.29, 1.82) is 0 Å². The summed E-state index contributed by atoms with van der Waals surface area (Å²) in [7, 11) is 0. The van der Waals surface area contributed by atoms with Crippen LogP contribution in [0.4, 0.5) is 0 Å². The molecule has 2 aromatic rings. The zero-order valence-electron chi connectivity index (χ0n) is 9.42. The van der Waals surface area contributed by atoms with Crippen LogP contribution < -0.4 is 4.74 Å². The molecule has 0 aliphatic heterocycles.